The van der Waals surface area contributed by atoms with Gasteiger partial charge in [0, 0.05) is 6.54 Å². The molecule has 78 valence electrons. The number of aliphatic hydroxyl groups is 1. The van der Waals surface area contributed by atoms with Gasteiger partial charge in [-0.3, -0.25) is 4.39 Å². The lowest BCUT2D eigenvalue weighted by Crippen LogP contribution is -2.37. The van der Waals surface area contributed by atoms with Crippen LogP contribution in [0.4, 0.5) is 4.39 Å². The average molecular weight is 189 g/mol. The molecule has 13 heavy (non-hydrogen) atoms. The zero-order valence-corrected chi connectivity index (χ0v) is 8.38. The summed E-state index contributed by atoms with van der Waals surface area (Å²) in [5, 5.41) is 9.36. The summed E-state index contributed by atoms with van der Waals surface area (Å²) in [5.41, 5.74) is 0. The molecule has 0 aromatic rings. The molecule has 1 heterocycles. The first-order chi connectivity index (χ1) is 6.24. The van der Waals surface area contributed by atoms with Gasteiger partial charge in [-0.05, 0) is 45.2 Å². The topological polar surface area (TPSA) is 23.5 Å². The third-order valence-corrected chi connectivity index (χ3v) is 2.92. The van der Waals surface area contributed by atoms with Crippen molar-refractivity contribution in [3.63, 3.8) is 0 Å². The van der Waals surface area contributed by atoms with E-state index >= 15 is 0 Å². The van der Waals surface area contributed by atoms with E-state index in [-0.39, 0.29) is 12.8 Å². The van der Waals surface area contributed by atoms with Gasteiger partial charge in [0.15, 0.2) is 0 Å². The van der Waals surface area contributed by atoms with Crippen LogP contribution in [-0.4, -0.2) is 42.4 Å². The molecule has 0 bridgehead atoms. The fourth-order valence-corrected chi connectivity index (χ4v) is 1.94. The summed E-state index contributed by atoms with van der Waals surface area (Å²) in [6.07, 6.45) is 2.59. The van der Waals surface area contributed by atoms with Gasteiger partial charge in [-0.25, -0.2) is 0 Å². The Bertz CT molecular complexity index is 133. The smallest absolute Gasteiger partial charge is 0.0906 e. The lowest BCUT2D eigenvalue weighted by atomic mass is 9.92. The quantitative estimate of drug-likeness (QED) is 0.723. The third-order valence-electron chi connectivity index (χ3n) is 2.92. The second kappa shape index (κ2) is 5.55. The van der Waals surface area contributed by atoms with E-state index in [4.69, 9.17) is 0 Å². The van der Waals surface area contributed by atoms with Crippen molar-refractivity contribution in [3.05, 3.63) is 0 Å². The number of likely N-dealkylation sites (tertiary alicyclic amines) is 1. The van der Waals surface area contributed by atoms with Crippen LogP contribution in [0.25, 0.3) is 0 Å². The Labute approximate surface area is 79.7 Å². The molecule has 0 radical (unpaired) electrons. The van der Waals surface area contributed by atoms with Gasteiger partial charge in [-0.2, -0.15) is 0 Å². The van der Waals surface area contributed by atoms with E-state index < -0.39 is 0 Å². The van der Waals surface area contributed by atoms with Gasteiger partial charge in [0.05, 0.1) is 12.8 Å². The van der Waals surface area contributed by atoms with E-state index in [9.17, 15) is 9.50 Å². The molecule has 0 aromatic carbocycles. The molecule has 1 atom stereocenters. The van der Waals surface area contributed by atoms with Crippen molar-refractivity contribution < 1.29 is 9.50 Å². The molecule has 1 aliphatic rings. The van der Waals surface area contributed by atoms with E-state index in [2.05, 4.69) is 4.90 Å². The van der Waals surface area contributed by atoms with Crippen LogP contribution in [0.3, 0.4) is 0 Å². The molecule has 0 aliphatic carbocycles. The van der Waals surface area contributed by atoms with Crippen molar-refractivity contribution in [3.8, 4) is 0 Å². The standard InChI is InChI=1S/C10H20FNO/c1-9(13)10-3-7-12(8-4-10)6-2-5-11/h9-10,13H,2-8H2,1H3. The molecular formula is C10H20FNO. The Kier molecular flexibility index (Phi) is 4.67. The first-order valence-corrected chi connectivity index (χ1v) is 5.20. The monoisotopic (exact) mass is 189 g/mol. The third kappa shape index (κ3) is 3.61. The molecule has 0 amide bonds. The number of alkyl halides is 1. The summed E-state index contributed by atoms with van der Waals surface area (Å²) < 4.78 is 11.9. The highest BCUT2D eigenvalue weighted by molar-refractivity contribution is 4.75. The number of halogens is 1. The van der Waals surface area contributed by atoms with Crippen molar-refractivity contribution in [2.24, 2.45) is 5.92 Å². The summed E-state index contributed by atoms with van der Waals surface area (Å²) in [5.74, 6) is 0.460. The molecule has 1 aliphatic heterocycles. The van der Waals surface area contributed by atoms with E-state index in [1.165, 1.54) is 0 Å². The van der Waals surface area contributed by atoms with Gasteiger partial charge >= 0.3 is 0 Å². The van der Waals surface area contributed by atoms with Crippen molar-refractivity contribution in [1.82, 2.24) is 4.90 Å². The zero-order valence-electron chi connectivity index (χ0n) is 8.38. The molecule has 0 aromatic heterocycles. The number of piperidine rings is 1. The Hall–Kier alpha value is -0.150. The van der Waals surface area contributed by atoms with Crippen molar-refractivity contribution >= 4 is 0 Å². The number of rotatable bonds is 4. The summed E-state index contributed by atoms with van der Waals surface area (Å²) in [6, 6.07) is 0. The largest absolute Gasteiger partial charge is 0.393 e. The predicted octanol–water partition coefficient (Wildman–Crippen LogP) is 1.44. The van der Waals surface area contributed by atoms with E-state index in [0.29, 0.717) is 12.3 Å². The van der Waals surface area contributed by atoms with Crippen LogP contribution in [0.5, 0.6) is 0 Å². The maximum absolute atomic E-state index is 11.9. The van der Waals surface area contributed by atoms with Gasteiger partial charge in [0.2, 0.25) is 0 Å². The second-order valence-electron chi connectivity index (χ2n) is 3.96. The van der Waals surface area contributed by atoms with Crippen LogP contribution >= 0.6 is 0 Å². The SMILES string of the molecule is CC(O)C1CCN(CCCF)CC1. The molecule has 1 N–H and O–H groups in total. The Morgan fingerprint density at radius 1 is 1.46 bits per heavy atom. The van der Waals surface area contributed by atoms with Crippen LogP contribution in [0, 0.1) is 5.92 Å². The minimum Gasteiger partial charge on any atom is -0.393 e. The van der Waals surface area contributed by atoms with Crippen LogP contribution in [0.15, 0.2) is 0 Å². The van der Waals surface area contributed by atoms with Crippen LogP contribution in [0.2, 0.25) is 0 Å². The highest BCUT2D eigenvalue weighted by Gasteiger charge is 2.21. The number of hydrogen-bond acceptors (Lipinski definition) is 2. The summed E-state index contributed by atoms with van der Waals surface area (Å²) in [6.45, 7) is 4.58. The fourth-order valence-electron chi connectivity index (χ4n) is 1.94. The average Bonchev–Trinajstić information content (AvgIpc) is 2.15. The minimum atomic E-state index is -0.212. The van der Waals surface area contributed by atoms with E-state index in [1.54, 1.807) is 0 Å². The zero-order chi connectivity index (χ0) is 9.68. The van der Waals surface area contributed by atoms with Crippen molar-refractivity contribution in [2.45, 2.75) is 32.3 Å². The maximum atomic E-state index is 11.9. The van der Waals surface area contributed by atoms with Gasteiger partial charge in [0.25, 0.3) is 0 Å². The fraction of sp³-hybridized carbons (Fsp3) is 1.00. The second-order valence-corrected chi connectivity index (χ2v) is 3.96. The molecule has 3 heteroatoms. The summed E-state index contributed by atoms with van der Waals surface area (Å²) >= 11 is 0. The number of nitrogens with zero attached hydrogens (tertiary/aromatic N) is 1. The van der Waals surface area contributed by atoms with Crippen LogP contribution < -0.4 is 0 Å². The van der Waals surface area contributed by atoms with Crippen molar-refractivity contribution in [2.75, 3.05) is 26.3 Å². The number of hydrogen-bond donors (Lipinski definition) is 1. The lowest BCUT2D eigenvalue weighted by molar-refractivity contribution is 0.0709. The first-order valence-electron chi connectivity index (χ1n) is 5.20. The summed E-state index contributed by atoms with van der Waals surface area (Å²) in [4.78, 5) is 2.29. The van der Waals surface area contributed by atoms with Gasteiger partial charge in [-0.15, -0.1) is 0 Å². The first kappa shape index (κ1) is 10.9. The molecule has 1 fully saturated rings. The van der Waals surface area contributed by atoms with E-state index in [1.807, 2.05) is 6.92 Å². The molecule has 2 nitrogen and oxygen atoms in total. The highest BCUT2D eigenvalue weighted by atomic mass is 19.1. The van der Waals surface area contributed by atoms with Crippen LogP contribution in [0.1, 0.15) is 26.2 Å². The summed E-state index contributed by atoms with van der Waals surface area (Å²) in [7, 11) is 0. The Morgan fingerprint density at radius 3 is 2.54 bits per heavy atom. The van der Waals surface area contributed by atoms with E-state index in [0.717, 1.165) is 32.5 Å². The molecule has 1 unspecified atom stereocenters. The van der Waals surface area contributed by atoms with Crippen LogP contribution in [-0.2, 0) is 0 Å². The number of aliphatic hydroxyl groups excluding tert-OH is 1. The maximum Gasteiger partial charge on any atom is 0.0906 e. The lowest BCUT2D eigenvalue weighted by Gasteiger charge is -2.32. The molecular weight excluding hydrogens is 169 g/mol. The predicted molar refractivity (Wildman–Crippen MR) is 51.4 cm³/mol. The van der Waals surface area contributed by atoms with Gasteiger partial charge < -0.3 is 10.0 Å². The van der Waals surface area contributed by atoms with Crippen molar-refractivity contribution in [1.29, 1.82) is 0 Å². The van der Waals surface area contributed by atoms with Gasteiger partial charge in [0.1, 0.15) is 0 Å². The normalized spacial score (nSPS) is 23.3. The minimum absolute atomic E-state index is 0.177. The molecule has 0 spiro atoms. The Balaban J connectivity index is 2.15. The van der Waals surface area contributed by atoms with Gasteiger partial charge in [-0.1, -0.05) is 0 Å². The molecule has 1 rings (SSSR count). The molecule has 0 saturated carbocycles. The Morgan fingerprint density at radius 2 is 2.08 bits per heavy atom. The molecule has 1 saturated heterocycles. The highest BCUT2D eigenvalue weighted by Crippen LogP contribution is 2.20.